The van der Waals surface area contributed by atoms with Crippen molar-refractivity contribution in [1.29, 1.82) is 0 Å². The fourth-order valence-corrected chi connectivity index (χ4v) is 2.77. The predicted octanol–water partition coefficient (Wildman–Crippen LogP) is 2.98. The lowest BCUT2D eigenvalue weighted by molar-refractivity contribution is -0.116. The minimum Gasteiger partial charge on any atom is -0.368 e. The van der Waals surface area contributed by atoms with Gasteiger partial charge in [-0.3, -0.25) is 9.89 Å². The van der Waals surface area contributed by atoms with Gasteiger partial charge in [-0.2, -0.15) is 5.10 Å². The quantitative estimate of drug-likeness (QED) is 0.675. The van der Waals surface area contributed by atoms with E-state index in [1.165, 1.54) is 0 Å². The van der Waals surface area contributed by atoms with E-state index in [9.17, 15) is 4.79 Å². The maximum Gasteiger partial charge on any atom is 0.251 e. The molecule has 1 aliphatic rings. The summed E-state index contributed by atoms with van der Waals surface area (Å²) in [5, 5.41) is 14.3. The van der Waals surface area contributed by atoms with E-state index < -0.39 is 0 Å². The van der Waals surface area contributed by atoms with E-state index in [0.29, 0.717) is 0 Å². The van der Waals surface area contributed by atoms with Crippen molar-refractivity contribution in [3.63, 3.8) is 0 Å². The molecular formula is C16H14N4O. The molecule has 5 nitrogen and oxygen atoms in total. The van der Waals surface area contributed by atoms with Gasteiger partial charge in [-0.1, -0.05) is 29.8 Å². The Morgan fingerprint density at radius 1 is 1.24 bits per heavy atom. The zero-order valence-electron chi connectivity index (χ0n) is 11.5. The van der Waals surface area contributed by atoms with Gasteiger partial charge in [0.1, 0.15) is 6.04 Å². The second-order valence-electron chi connectivity index (χ2n) is 5.30. The molecule has 4 rings (SSSR count). The topological polar surface area (TPSA) is 69.8 Å². The van der Waals surface area contributed by atoms with E-state index in [0.717, 1.165) is 33.4 Å². The summed E-state index contributed by atoms with van der Waals surface area (Å²) in [6.45, 7) is 2.02. The largest absolute Gasteiger partial charge is 0.368 e. The van der Waals surface area contributed by atoms with E-state index in [2.05, 4.69) is 20.8 Å². The van der Waals surface area contributed by atoms with Crippen LogP contribution in [0.4, 0.5) is 11.4 Å². The van der Waals surface area contributed by atoms with Gasteiger partial charge in [0, 0.05) is 16.6 Å². The SMILES string of the molecule is Cc1ccc2c(c1)C(Nc1cccc3cn[nH]c13)C(=O)N2. The van der Waals surface area contributed by atoms with Crippen LogP contribution in [0.3, 0.4) is 0 Å². The number of hydrogen-bond acceptors (Lipinski definition) is 3. The molecule has 21 heavy (non-hydrogen) atoms. The second kappa shape index (κ2) is 4.34. The first kappa shape index (κ1) is 12.0. The zero-order valence-corrected chi connectivity index (χ0v) is 11.5. The summed E-state index contributed by atoms with van der Waals surface area (Å²) in [5.74, 6) is -0.0351. The molecule has 2 heterocycles. The number of amides is 1. The molecule has 0 saturated carbocycles. The van der Waals surface area contributed by atoms with Crippen molar-refractivity contribution >= 4 is 28.2 Å². The molecule has 104 valence electrons. The summed E-state index contributed by atoms with van der Waals surface area (Å²) in [4.78, 5) is 12.2. The van der Waals surface area contributed by atoms with Crippen LogP contribution >= 0.6 is 0 Å². The van der Waals surface area contributed by atoms with Gasteiger partial charge in [-0.15, -0.1) is 0 Å². The average Bonchev–Trinajstić information content (AvgIpc) is 3.05. The van der Waals surface area contributed by atoms with Crippen molar-refractivity contribution in [2.45, 2.75) is 13.0 Å². The average molecular weight is 278 g/mol. The van der Waals surface area contributed by atoms with Gasteiger partial charge in [0.15, 0.2) is 0 Å². The van der Waals surface area contributed by atoms with Crippen molar-refractivity contribution in [1.82, 2.24) is 10.2 Å². The highest BCUT2D eigenvalue weighted by Gasteiger charge is 2.30. The fourth-order valence-electron chi connectivity index (χ4n) is 2.77. The first-order valence-corrected chi connectivity index (χ1v) is 6.82. The molecular weight excluding hydrogens is 264 g/mol. The number of aromatic nitrogens is 2. The van der Waals surface area contributed by atoms with Gasteiger partial charge in [-0.25, -0.2) is 0 Å². The minimum atomic E-state index is -0.381. The monoisotopic (exact) mass is 278 g/mol. The zero-order chi connectivity index (χ0) is 14.4. The Bertz CT molecular complexity index is 852. The summed E-state index contributed by atoms with van der Waals surface area (Å²) in [7, 11) is 0. The Morgan fingerprint density at radius 3 is 3.05 bits per heavy atom. The van der Waals surface area contributed by atoms with Crippen LogP contribution in [-0.2, 0) is 4.79 Å². The number of nitrogens with zero attached hydrogens (tertiary/aromatic N) is 1. The lowest BCUT2D eigenvalue weighted by atomic mass is 10.0. The number of carbonyl (C=O) groups excluding carboxylic acids is 1. The second-order valence-corrected chi connectivity index (χ2v) is 5.30. The maximum absolute atomic E-state index is 12.2. The van der Waals surface area contributed by atoms with Crippen molar-refractivity contribution in [3.8, 4) is 0 Å². The molecule has 0 saturated heterocycles. The van der Waals surface area contributed by atoms with E-state index >= 15 is 0 Å². The highest BCUT2D eigenvalue weighted by Crippen LogP contribution is 2.35. The number of carbonyl (C=O) groups is 1. The molecule has 1 atom stereocenters. The molecule has 3 aromatic rings. The number of hydrogen-bond donors (Lipinski definition) is 3. The highest BCUT2D eigenvalue weighted by molar-refractivity contribution is 6.05. The summed E-state index contributed by atoms with van der Waals surface area (Å²) in [5.41, 5.74) is 4.78. The van der Waals surface area contributed by atoms with E-state index in [1.54, 1.807) is 6.20 Å². The van der Waals surface area contributed by atoms with Crippen molar-refractivity contribution in [2.24, 2.45) is 0 Å². The summed E-state index contributed by atoms with van der Waals surface area (Å²) < 4.78 is 0. The number of fused-ring (bicyclic) bond motifs is 2. The molecule has 0 spiro atoms. The van der Waals surface area contributed by atoms with Crippen molar-refractivity contribution in [2.75, 3.05) is 10.6 Å². The van der Waals surface area contributed by atoms with Gasteiger partial charge >= 0.3 is 0 Å². The highest BCUT2D eigenvalue weighted by atomic mass is 16.2. The molecule has 1 aromatic heterocycles. The Balaban J connectivity index is 1.77. The molecule has 2 aromatic carbocycles. The first-order valence-electron chi connectivity index (χ1n) is 6.82. The van der Waals surface area contributed by atoms with Crippen LogP contribution in [0.1, 0.15) is 17.2 Å². The van der Waals surface area contributed by atoms with Gasteiger partial charge in [0.2, 0.25) is 0 Å². The molecule has 5 heteroatoms. The molecule has 0 bridgehead atoms. The van der Waals surface area contributed by atoms with Gasteiger partial charge in [-0.05, 0) is 19.1 Å². The van der Waals surface area contributed by atoms with Gasteiger partial charge < -0.3 is 10.6 Å². The molecule has 0 radical (unpaired) electrons. The number of nitrogens with one attached hydrogen (secondary N) is 3. The van der Waals surface area contributed by atoms with E-state index in [1.807, 2.05) is 43.3 Å². The maximum atomic E-state index is 12.2. The van der Waals surface area contributed by atoms with Crippen LogP contribution in [0.25, 0.3) is 10.9 Å². The van der Waals surface area contributed by atoms with Crippen LogP contribution in [0, 0.1) is 6.92 Å². The number of anilines is 2. The van der Waals surface area contributed by atoms with Crippen LogP contribution in [0.15, 0.2) is 42.6 Å². The summed E-state index contributed by atoms with van der Waals surface area (Å²) >= 11 is 0. The van der Waals surface area contributed by atoms with Crippen LogP contribution in [-0.4, -0.2) is 16.1 Å². The third-order valence-corrected chi connectivity index (χ3v) is 3.81. The van der Waals surface area contributed by atoms with Gasteiger partial charge in [0.05, 0.1) is 17.4 Å². The number of rotatable bonds is 2. The third kappa shape index (κ3) is 1.86. The standard InChI is InChI=1S/C16H14N4O/c1-9-5-6-12-11(7-9)15(16(21)19-12)18-13-4-2-3-10-8-17-20-14(10)13/h2-8,15,18H,1H3,(H,17,20)(H,19,21). The van der Waals surface area contributed by atoms with E-state index in [4.69, 9.17) is 0 Å². The Morgan fingerprint density at radius 2 is 2.14 bits per heavy atom. The molecule has 1 amide bonds. The van der Waals surface area contributed by atoms with Crippen LogP contribution in [0.5, 0.6) is 0 Å². The number of aromatic amines is 1. The molecule has 0 fully saturated rings. The smallest absolute Gasteiger partial charge is 0.251 e. The lowest BCUT2D eigenvalue weighted by Gasteiger charge is -2.14. The van der Waals surface area contributed by atoms with Crippen molar-refractivity contribution < 1.29 is 4.79 Å². The van der Waals surface area contributed by atoms with E-state index in [-0.39, 0.29) is 11.9 Å². The summed E-state index contributed by atoms with van der Waals surface area (Å²) in [6, 6.07) is 11.5. The van der Waals surface area contributed by atoms with Gasteiger partial charge in [0.25, 0.3) is 5.91 Å². The number of H-pyrrole nitrogens is 1. The first-order chi connectivity index (χ1) is 10.2. The number of benzene rings is 2. The molecule has 1 aliphatic heterocycles. The predicted molar refractivity (Wildman–Crippen MR) is 82.3 cm³/mol. The fraction of sp³-hybridized carbons (Fsp3) is 0.125. The third-order valence-electron chi connectivity index (χ3n) is 3.81. The minimum absolute atomic E-state index is 0.0351. The van der Waals surface area contributed by atoms with Crippen molar-refractivity contribution in [3.05, 3.63) is 53.7 Å². The molecule has 3 N–H and O–H groups in total. The normalized spacial score (nSPS) is 16.8. The number of aryl methyl sites for hydroxylation is 1. The molecule has 0 aliphatic carbocycles. The lowest BCUT2D eigenvalue weighted by Crippen LogP contribution is -2.19. The van der Waals surface area contributed by atoms with Crippen LogP contribution < -0.4 is 10.6 Å². The van der Waals surface area contributed by atoms with Crippen LogP contribution in [0.2, 0.25) is 0 Å². The Labute approximate surface area is 121 Å². The molecule has 1 unspecified atom stereocenters. The number of para-hydroxylation sites is 1. The Hall–Kier alpha value is -2.82. The summed E-state index contributed by atoms with van der Waals surface area (Å²) in [6.07, 6.45) is 1.77. The Kier molecular flexibility index (Phi) is 2.47.